The third-order valence-electron chi connectivity index (χ3n) is 14.7. The summed E-state index contributed by atoms with van der Waals surface area (Å²) in [5, 5.41) is 10.5. The molecule has 0 aliphatic carbocycles. The van der Waals surface area contributed by atoms with Gasteiger partial charge in [0, 0.05) is 25.7 Å². The Bertz CT molecular complexity index is 1630. The number of ether oxygens (including phenoxy) is 4. The van der Waals surface area contributed by atoms with Crippen molar-refractivity contribution in [2.45, 2.75) is 336 Å². The van der Waals surface area contributed by atoms with E-state index in [4.69, 9.17) is 37.0 Å². The van der Waals surface area contributed by atoms with Crippen LogP contribution in [0.5, 0.6) is 0 Å². The van der Waals surface area contributed by atoms with E-state index in [0.29, 0.717) is 31.6 Å². The predicted molar refractivity (Wildman–Crippen MR) is 331 cm³/mol. The summed E-state index contributed by atoms with van der Waals surface area (Å²) in [6.07, 6.45) is 38.9. The fourth-order valence-electron chi connectivity index (χ4n) is 9.53. The zero-order valence-electron chi connectivity index (χ0n) is 53.5. The quantitative estimate of drug-likeness (QED) is 0.0222. The van der Waals surface area contributed by atoms with Crippen LogP contribution in [0.3, 0.4) is 0 Å². The first-order chi connectivity index (χ1) is 39.9. The van der Waals surface area contributed by atoms with E-state index in [1.807, 2.05) is 0 Å². The van der Waals surface area contributed by atoms with Crippen LogP contribution in [-0.2, 0) is 65.4 Å². The van der Waals surface area contributed by atoms with E-state index in [-0.39, 0.29) is 25.7 Å². The zero-order valence-corrected chi connectivity index (χ0v) is 55.3. The Morgan fingerprint density at radius 1 is 0.325 bits per heavy atom. The monoisotopic (exact) mass is 1230 g/mol. The van der Waals surface area contributed by atoms with Crippen molar-refractivity contribution in [1.29, 1.82) is 0 Å². The summed E-state index contributed by atoms with van der Waals surface area (Å²) in [6.45, 7) is 9.39. The fraction of sp³-hybridized carbons (Fsp3) is 0.938. The van der Waals surface area contributed by atoms with Gasteiger partial charge in [-0.3, -0.25) is 37.3 Å². The Hall–Kier alpha value is -1.94. The van der Waals surface area contributed by atoms with Crippen molar-refractivity contribution < 1.29 is 80.2 Å². The first-order valence-electron chi connectivity index (χ1n) is 33.5. The first kappa shape index (κ1) is 81.1. The van der Waals surface area contributed by atoms with Gasteiger partial charge in [-0.05, 0) is 37.5 Å². The number of esters is 4. The number of phosphoric acid groups is 2. The van der Waals surface area contributed by atoms with Gasteiger partial charge in [0.25, 0.3) is 0 Å². The molecule has 3 N–H and O–H groups in total. The van der Waals surface area contributed by atoms with E-state index in [1.165, 1.54) is 128 Å². The molecule has 0 bridgehead atoms. The highest BCUT2D eigenvalue weighted by Crippen LogP contribution is 2.45. The molecule has 0 spiro atoms. The number of carbonyl (C=O) groups is 4. The predicted octanol–water partition coefficient (Wildman–Crippen LogP) is 17.7. The van der Waals surface area contributed by atoms with Gasteiger partial charge in [-0.2, -0.15) is 0 Å². The molecule has 5 atom stereocenters. The number of hydrogen-bond donors (Lipinski definition) is 3. The minimum atomic E-state index is -4.94. The fourth-order valence-corrected chi connectivity index (χ4v) is 11.1. The van der Waals surface area contributed by atoms with Gasteiger partial charge in [-0.25, -0.2) is 9.13 Å². The molecule has 0 amide bonds. The van der Waals surface area contributed by atoms with E-state index < -0.39 is 97.5 Å². The second-order valence-electron chi connectivity index (χ2n) is 24.1. The van der Waals surface area contributed by atoms with Crippen molar-refractivity contribution in [3.8, 4) is 0 Å². The third-order valence-corrected chi connectivity index (χ3v) is 16.6. The van der Waals surface area contributed by atoms with E-state index in [0.717, 1.165) is 102 Å². The number of unbranched alkanes of at least 4 members (excludes halogenated alkanes) is 33. The second kappa shape index (κ2) is 56.6. The van der Waals surface area contributed by atoms with Gasteiger partial charge in [0.2, 0.25) is 0 Å². The van der Waals surface area contributed by atoms with Crippen molar-refractivity contribution in [1.82, 2.24) is 0 Å². The van der Waals surface area contributed by atoms with Crippen LogP contribution in [0.2, 0.25) is 0 Å². The van der Waals surface area contributed by atoms with Gasteiger partial charge < -0.3 is 33.8 Å². The lowest BCUT2D eigenvalue weighted by atomic mass is 10.0. The lowest BCUT2D eigenvalue weighted by molar-refractivity contribution is -0.161. The number of hydrogen-bond acceptors (Lipinski definition) is 15. The molecule has 0 saturated carbocycles. The minimum absolute atomic E-state index is 0.104. The average molecular weight is 1230 g/mol. The van der Waals surface area contributed by atoms with Crippen LogP contribution in [0, 0.1) is 11.8 Å². The molecule has 0 aromatic rings. The minimum Gasteiger partial charge on any atom is -0.462 e. The number of rotatable bonds is 63. The van der Waals surface area contributed by atoms with Gasteiger partial charge in [-0.15, -0.1) is 0 Å². The number of aliphatic hydroxyl groups excluding tert-OH is 1. The number of carbonyl (C=O) groups excluding carboxylic acids is 4. The largest absolute Gasteiger partial charge is 0.472 e. The summed E-state index contributed by atoms with van der Waals surface area (Å²) < 4.78 is 68.0. The molecule has 492 valence electrons. The second-order valence-corrected chi connectivity index (χ2v) is 27.0. The van der Waals surface area contributed by atoms with Gasteiger partial charge in [0.15, 0.2) is 12.2 Å². The summed E-state index contributed by atoms with van der Waals surface area (Å²) >= 11 is 0. The maximum atomic E-state index is 13.0. The Morgan fingerprint density at radius 3 is 0.819 bits per heavy atom. The number of aliphatic hydroxyl groups is 1. The van der Waals surface area contributed by atoms with Gasteiger partial charge in [0.1, 0.15) is 19.3 Å². The smallest absolute Gasteiger partial charge is 0.462 e. The summed E-state index contributed by atoms with van der Waals surface area (Å²) in [4.78, 5) is 72.2. The lowest BCUT2D eigenvalue weighted by Gasteiger charge is -2.21. The molecule has 83 heavy (non-hydrogen) atoms. The van der Waals surface area contributed by atoms with E-state index in [2.05, 4.69) is 41.5 Å². The lowest BCUT2D eigenvalue weighted by Crippen LogP contribution is -2.30. The average Bonchev–Trinajstić information content (AvgIpc) is 3.45. The summed E-state index contributed by atoms with van der Waals surface area (Å²) in [5.74, 6) is -0.711. The topological polar surface area (TPSA) is 237 Å². The molecule has 19 heteroatoms. The van der Waals surface area contributed by atoms with E-state index >= 15 is 0 Å². The highest BCUT2D eigenvalue weighted by molar-refractivity contribution is 7.47. The molecule has 0 fully saturated rings. The Morgan fingerprint density at radius 2 is 0.554 bits per heavy atom. The highest BCUT2D eigenvalue weighted by atomic mass is 31.2. The Labute approximate surface area is 505 Å². The van der Waals surface area contributed by atoms with Crippen LogP contribution in [0.25, 0.3) is 0 Å². The van der Waals surface area contributed by atoms with Crippen LogP contribution < -0.4 is 0 Å². The molecule has 0 radical (unpaired) electrons. The van der Waals surface area contributed by atoms with Gasteiger partial charge in [-0.1, -0.05) is 266 Å². The van der Waals surface area contributed by atoms with Gasteiger partial charge >= 0.3 is 39.5 Å². The third kappa shape index (κ3) is 58.8. The zero-order chi connectivity index (χ0) is 61.5. The molecule has 2 unspecified atom stereocenters. The summed E-state index contributed by atoms with van der Waals surface area (Å²) in [6, 6.07) is 0. The maximum absolute atomic E-state index is 13.0. The molecular weight excluding hydrogens is 1100 g/mol. The number of phosphoric ester groups is 2. The van der Waals surface area contributed by atoms with Crippen LogP contribution in [0.15, 0.2) is 0 Å². The van der Waals surface area contributed by atoms with Crippen molar-refractivity contribution in [2.24, 2.45) is 11.8 Å². The molecular formula is C64H124O17P2. The van der Waals surface area contributed by atoms with Crippen LogP contribution in [0.4, 0.5) is 0 Å². The van der Waals surface area contributed by atoms with Crippen molar-refractivity contribution >= 4 is 39.5 Å². The van der Waals surface area contributed by atoms with Crippen LogP contribution in [-0.4, -0.2) is 96.7 Å². The van der Waals surface area contributed by atoms with E-state index in [1.54, 1.807) is 0 Å². The SMILES string of the molecule is CCCCCCCCCCCCCC(=O)OC[C@H](COP(=O)(O)OC[C@@H](O)COP(=O)(O)OC[C@@H](COC(=O)CCCCCCCCCC(C)C)OC(=O)CCCCCCCCCCCCC)OC(=O)CCCCCCCCCCC(C)C. The molecule has 0 rings (SSSR count). The summed E-state index contributed by atoms with van der Waals surface area (Å²) in [7, 11) is -9.89. The van der Waals surface area contributed by atoms with Crippen LogP contribution in [0.1, 0.15) is 318 Å². The molecule has 0 aliphatic rings. The normalized spacial score (nSPS) is 14.3. The first-order valence-corrected chi connectivity index (χ1v) is 36.5. The molecule has 17 nitrogen and oxygen atoms in total. The Balaban J connectivity index is 5.25. The molecule has 0 heterocycles. The Kier molecular flexibility index (Phi) is 55.2. The van der Waals surface area contributed by atoms with Crippen LogP contribution >= 0.6 is 15.6 Å². The summed E-state index contributed by atoms with van der Waals surface area (Å²) in [5.41, 5.74) is 0. The standard InChI is InChI=1S/C64H124O17P2/c1-7-9-11-13-15-17-19-21-28-34-40-46-61(66)74-52-59(81-64(69)49-43-37-30-24-23-26-32-38-44-56(3)4)54-78-82(70,71)76-50-58(65)51-77-83(72,73)79-55-60(53-75-62(67)47-41-35-31-25-27-33-39-45-57(5)6)80-63(68)48-42-36-29-22-20-18-16-14-12-10-8-2/h56-60,65H,7-55H2,1-6H3,(H,70,71)(H,72,73)/t58-,59-,60-/m1/s1. The van der Waals surface area contributed by atoms with E-state index in [9.17, 15) is 43.2 Å². The van der Waals surface area contributed by atoms with Crippen molar-refractivity contribution in [3.05, 3.63) is 0 Å². The van der Waals surface area contributed by atoms with Crippen molar-refractivity contribution in [3.63, 3.8) is 0 Å². The van der Waals surface area contributed by atoms with Crippen molar-refractivity contribution in [2.75, 3.05) is 39.6 Å². The molecule has 0 aliphatic heterocycles. The van der Waals surface area contributed by atoms with Gasteiger partial charge in [0.05, 0.1) is 26.4 Å². The maximum Gasteiger partial charge on any atom is 0.472 e. The molecule has 0 saturated heterocycles. The highest BCUT2D eigenvalue weighted by Gasteiger charge is 2.30. The molecule has 0 aromatic carbocycles. The molecule has 0 aromatic heterocycles.